The minimum atomic E-state index is -0.429. The highest BCUT2D eigenvalue weighted by molar-refractivity contribution is 7.16. The molecule has 8 rings (SSSR count). The highest BCUT2D eigenvalue weighted by Gasteiger charge is 2.48. The summed E-state index contributed by atoms with van der Waals surface area (Å²) >= 11 is 1.53. The van der Waals surface area contributed by atoms with Crippen LogP contribution >= 0.6 is 11.3 Å². The van der Waals surface area contributed by atoms with Gasteiger partial charge in [-0.25, -0.2) is 9.78 Å². The number of hydrogen-bond acceptors (Lipinski definition) is 11. The summed E-state index contributed by atoms with van der Waals surface area (Å²) in [6.07, 6.45) is 8.93. The predicted octanol–water partition coefficient (Wildman–Crippen LogP) is 4.47. The second-order valence-electron chi connectivity index (χ2n) is 13.4. The fraction of sp³-hybridized carbons (Fsp3) is 0.606. The standard InChI is InChI=1S/C33H40N8O4S/c1-4-22(21-9-7-14-39(21)2)44-31-25-30(41(32(42)40(25)3)18-11-15-43-17-18)36-29(37-31)26-19-8-5-12-33(27(19)38-45-26)13-6-10-23-24(33)20(16-34)28(35)46-23/h18,21-22H,4-15,17,35H2,1-3H3/t18-,21+,22+,33+/m1/s1. The lowest BCUT2D eigenvalue weighted by Gasteiger charge is -2.39. The quantitative estimate of drug-likeness (QED) is 0.318. The van der Waals surface area contributed by atoms with Crippen LogP contribution in [-0.2, 0) is 30.0 Å². The van der Waals surface area contributed by atoms with Gasteiger partial charge in [-0.15, -0.1) is 11.3 Å². The minimum absolute atomic E-state index is 0.104. The van der Waals surface area contributed by atoms with E-state index < -0.39 is 5.41 Å². The number of thiophene rings is 1. The third-order valence-electron chi connectivity index (χ3n) is 10.9. The lowest BCUT2D eigenvalue weighted by atomic mass is 9.62. The third-order valence-corrected chi connectivity index (χ3v) is 12.0. The average Bonchev–Trinajstić information content (AvgIpc) is 3.88. The molecule has 0 amide bonds. The van der Waals surface area contributed by atoms with E-state index in [-0.39, 0.29) is 23.9 Å². The molecule has 4 atom stereocenters. The Bertz CT molecular complexity index is 1920. The fourth-order valence-electron chi connectivity index (χ4n) is 8.69. The smallest absolute Gasteiger partial charge is 0.330 e. The summed E-state index contributed by atoms with van der Waals surface area (Å²) in [4.78, 5) is 27.4. The van der Waals surface area contributed by atoms with Crippen LogP contribution in [-0.4, -0.2) is 68.1 Å². The van der Waals surface area contributed by atoms with E-state index in [9.17, 15) is 10.1 Å². The fourth-order valence-corrected chi connectivity index (χ4v) is 9.85. The lowest BCUT2D eigenvalue weighted by Crippen LogP contribution is -2.39. The molecule has 2 aliphatic carbocycles. The summed E-state index contributed by atoms with van der Waals surface area (Å²) in [5.41, 5.74) is 10.3. The first-order chi connectivity index (χ1) is 22.4. The zero-order valence-corrected chi connectivity index (χ0v) is 27.5. The number of nitriles is 1. The van der Waals surface area contributed by atoms with Crippen molar-refractivity contribution in [2.45, 2.75) is 94.7 Å². The first kappa shape index (κ1) is 29.7. The Hall–Kier alpha value is -3.73. The summed E-state index contributed by atoms with van der Waals surface area (Å²) in [7, 11) is 3.90. The number of ether oxygens (including phenoxy) is 2. The monoisotopic (exact) mass is 644 g/mol. The number of fused-ring (bicyclic) bond motifs is 5. The van der Waals surface area contributed by atoms with Crippen LogP contribution in [0.5, 0.6) is 5.88 Å². The molecule has 242 valence electrons. The molecule has 4 aliphatic rings. The Morgan fingerprint density at radius 1 is 1.20 bits per heavy atom. The number of imidazole rings is 1. The molecule has 6 heterocycles. The molecule has 1 spiro atoms. The van der Waals surface area contributed by atoms with Crippen LogP contribution < -0.4 is 16.2 Å². The molecule has 0 radical (unpaired) electrons. The van der Waals surface area contributed by atoms with E-state index in [1.165, 1.54) is 16.2 Å². The minimum Gasteiger partial charge on any atom is -0.471 e. The Morgan fingerprint density at radius 2 is 2.02 bits per heavy atom. The molecule has 0 unspecified atom stereocenters. The molecule has 0 aromatic carbocycles. The van der Waals surface area contributed by atoms with Gasteiger partial charge in [-0.3, -0.25) is 14.0 Å². The van der Waals surface area contributed by atoms with Gasteiger partial charge in [-0.1, -0.05) is 12.1 Å². The molecule has 4 aromatic rings. The second kappa shape index (κ2) is 11.2. The van der Waals surface area contributed by atoms with E-state index in [1.54, 1.807) is 16.2 Å². The summed E-state index contributed by atoms with van der Waals surface area (Å²) in [6.45, 7) is 4.21. The van der Waals surface area contributed by atoms with E-state index in [0.717, 1.165) is 87.6 Å². The maximum absolute atomic E-state index is 13.8. The molecule has 12 nitrogen and oxygen atoms in total. The number of hydrogen-bond donors (Lipinski definition) is 1. The number of aromatic nitrogens is 5. The van der Waals surface area contributed by atoms with E-state index in [4.69, 9.17) is 34.9 Å². The second-order valence-corrected chi connectivity index (χ2v) is 14.5. The van der Waals surface area contributed by atoms with Crippen LogP contribution in [0.15, 0.2) is 9.32 Å². The Labute approximate surface area is 271 Å². The van der Waals surface area contributed by atoms with Crippen molar-refractivity contribution in [1.29, 1.82) is 5.26 Å². The zero-order chi connectivity index (χ0) is 31.7. The third kappa shape index (κ3) is 4.29. The van der Waals surface area contributed by atoms with Gasteiger partial charge in [0.25, 0.3) is 0 Å². The van der Waals surface area contributed by atoms with Crippen molar-refractivity contribution in [3.05, 3.63) is 37.7 Å². The van der Waals surface area contributed by atoms with Gasteiger partial charge in [0.1, 0.15) is 17.2 Å². The van der Waals surface area contributed by atoms with Gasteiger partial charge in [0, 0.05) is 35.6 Å². The van der Waals surface area contributed by atoms with Crippen LogP contribution in [0.4, 0.5) is 5.00 Å². The van der Waals surface area contributed by atoms with Gasteiger partial charge in [-0.2, -0.15) is 10.2 Å². The van der Waals surface area contributed by atoms with Crippen LogP contribution in [0, 0.1) is 11.3 Å². The van der Waals surface area contributed by atoms with Gasteiger partial charge >= 0.3 is 5.69 Å². The zero-order valence-electron chi connectivity index (χ0n) is 26.7. The molecule has 2 saturated heterocycles. The van der Waals surface area contributed by atoms with E-state index in [1.807, 2.05) is 0 Å². The van der Waals surface area contributed by atoms with Crippen LogP contribution in [0.25, 0.3) is 22.7 Å². The average molecular weight is 645 g/mol. The van der Waals surface area contributed by atoms with Gasteiger partial charge in [0.05, 0.1) is 23.9 Å². The summed E-state index contributed by atoms with van der Waals surface area (Å²) in [6, 6.07) is 2.53. The van der Waals surface area contributed by atoms with Crippen molar-refractivity contribution in [3.63, 3.8) is 0 Å². The summed E-state index contributed by atoms with van der Waals surface area (Å²) in [5, 5.41) is 15.4. The number of aryl methyl sites for hydroxylation is 2. The number of nitrogens with zero attached hydrogens (tertiary/aromatic N) is 7. The van der Waals surface area contributed by atoms with Crippen molar-refractivity contribution >= 4 is 27.5 Å². The molecule has 0 saturated carbocycles. The van der Waals surface area contributed by atoms with E-state index >= 15 is 0 Å². The van der Waals surface area contributed by atoms with Crippen LogP contribution in [0.1, 0.15) is 91.6 Å². The van der Waals surface area contributed by atoms with Crippen LogP contribution in [0.2, 0.25) is 0 Å². The normalized spacial score (nSPS) is 25.2. The molecular formula is C33H40N8O4S. The van der Waals surface area contributed by atoms with Crippen molar-refractivity contribution in [2.24, 2.45) is 7.05 Å². The van der Waals surface area contributed by atoms with E-state index in [2.05, 4.69) is 24.9 Å². The highest BCUT2D eigenvalue weighted by Crippen LogP contribution is 2.54. The molecule has 46 heavy (non-hydrogen) atoms. The number of likely N-dealkylation sites (N-methyl/N-ethyl adjacent to an activating group) is 1. The maximum atomic E-state index is 13.8. The highest BCUT2D eigenvalue weighted by atomic mass is 32.1. The lowest BCUT2D eigenvalue weighted by molar-refractivity contribution is 0.100. The predicted molar refractivity (Wildman–Crippen MR) is 173 cm³/mol. The molecule has 2 N–H and O–H groups in total. The number of rotatable bonds is 6. The number of anilines is 1. The molecule has 13 heteroatoms. The SMILES string of the molecule is CC[C@H](Oc1nc(-c2onc3c2CCC[C@@]32CCCc3sc(N)c(C#N)c32)nc2c1n(C)c(=O)n2[C@@H]1CCOC1)[C@@H]1CCCN1C. The summed E-state index contributed by atoms with van der Waals surface area (Å²) < 4.78 is 22.1. The Morgan fingerprint density at radius 3 is 2.74 bits per heavy atom. The van der Waals surface area contributed by atoms with Gasteiger partial charge in [-0.05, 0) is 83.4 Å². The van der Waals surface area contributed by atoms with Crippen molar-refractivity contribution in [3.8, 4) is 23.5 Å². The Balaban J connectivity index is 1.31. The Kier molecular flexibility index (Phi) is 7.23. The number of nitrogens with two attached hydrogens (primary N) is 1. The molecule has 0 bridgehead atoms. The topological polar surface area (TPSA) is 150 Å². The van der Waals surface area contributed by atoms with Crippen molar-refractivity contribution in [1.82, 2.24) is 29.2 Å². The first-order valence-corrected chi connectivity index (χ1v) is 17.4. The molecule has 2 aliphatic heterocycles. The van der Waals surface area contributed by atoms with Gasteiger partial charge < -0.3 is 19.7 Å². The largest absolute Gasteiger partial charge is 0.471 e. The van der Waals surface area contributed by atoms with E-state index in [0.29, 0.717) is 52.4 Å². The molecular weight excluding hydrogens is 604 g/mol. The number of likely N-dealkylation sites (tertiary alicyclic amines) is 1. The van der Waals surface area contributed by atoms with Crippen molar-refractivity contribution in [2.75, 3.05) is 32.5 Å². The first-order valence-electron chi connectivity index (χ1n) is 16.6. The maximum Gasteiger partial charge on any atom is 0.330 e. The van der Waals surface area contributed by atoms with Gasteiger partial charge in [0.2, 0.25) is 17.5 Å². The van der Waals surface area contributed by atoms with Crippen LogP contribution in [0.3, 0.4) is 0 Å². The molecule has 4 aromatic heterocycles. The summed E-state index contributed by atoms with van der Waals surface area (Å²) in [5.74, 6) is 1.26. The molecule has 2 fully saturated rings. The number of nitrogen functional groups attached to an aromatic ring is 1. The van der Waals surface area contributed by atoms with Gasteiger partial charge in [0.15, 0.2) is 11.2 Å². The van der Waals surface area contributed by atoms with Crippen molar-refractivity contribution < 1.29 is 14.0 Å².